The maximum Gasteiger partial charge on any atom is 0.341 e. The van der Waals surface area contributed by atoms with Crippen LogP contribution in [0.15, 0.2) is 41.7 Å². The molecule has 0 atom stereocenters. The number of carbonyl (C=O) groups excluding carboxylic acids is 1. The number of pyridine rings is 1. The number of rotatable bonds is 8. The second-order valence-electron chi connectivity index (χ2n) is 6.34. The molecule has 0 radical (unpaired) electrons. The zero-order valence-electron chi connectivity index (χ0n) is 17.6. The van der Waals surface area contributed by atoms with E-state index >= 15 is 0 Å². The second-order valence-corrected chi connectivity index (χ2v) is 6.34. The molecule has 7 heteroatoms. The summed E-state index contributed by atoms with van der Waals surface area (Å²) in [6.45, 7) is 5.93. The van der Waals surface area contributed by atoms with Crippen molar-refractivity contribution in [3.05, 3.63) is 64.5 Å². The van der Waals surface area contributed by atoms with Gasteiger partial charge in [0.25, 0.3) is 0 Å². The maximum absolute atomic E-state index is 12.2. The van der Waals surface area contributed by atoms with E-state index < -0.39 is 5.97 Å². The Balaban J connectivity index is 2.36. The number of oxime groups is 1. The number of carbonyl (C=O) groups is 1. The Morgan fingerprint density at radius 1 is 1.14 bits per heavy atom. The van der Waals surface area contributed by atoms with Crippen LogP contribution < -0.4 is 4.74 Å². The molecule has 0 bridgehead atoms. The molecule has 0 saturated carbocycles. The summed E-state index contributed by atoms with van der Waals surface area (Å²) in [6, 6.07) is 9.40. The molecule has 0 saturated heterocycles. The van der Waals surface area contributed by atoms with Gasteiger partial charge in [-0.1, -0.05) is 29.4 Å². The van der Waals surface area contributed by atoms with E-state index in [-0.39, 0.29) is 6.61 Å². The highest BCUT2D eigenvalue weighted by Crippen LogP contribution is 2.24. The van der Waals surface area contributed by atoms with Gasteiger partial charge in [-0.25, -0.2) is 9.78 Å². The predicted octanol–water partition coefficient (Wildman–Crippen LogP) is 3.81. The molecule has 0 aliphatic carbocycles. The van der Waals surface area contributed by atoms with Crippen LogP contribution in [0.1, 0.15) is 34.9 Å². The third kappa shape index (κ3) is 5.34. The number of hydrogen-bond acceptors (Lipinski definition) is 7. The van der Waals surface area contributed by atoms with Gasteiger partial charge >= 0.3 is 5.97 Å². The van der Waals surface area contributed by atoms with Crippen molar-refractivity contribution >= 4 is 17.3 Å². The Hall–Kier alpha value is -3.35. The number of nitrogens with zero attached hydrogens (tertiary/aromatic N) is 2. The molecular formula is C22H26N2O5. The molecule has 29 heavy (non-hydrogen) atoms. The molecule has 0 aliphatic heterocycles. The van der Waals surface area contributed by atoms with E-state index in [0.717, 1.165) is 16.7 Å². The van der Waals surface area contributed by atoms with Gasteiger partial charge in [0.05, 0.1) is 26.2 Å². The fourth-order valence-electron chi connectivity index (χ4n) is 2.93. The fourth-order valence-corrected chi connectivity index (χ4v) is 2.93. The Morgan fingerprint density at radius 2 is 1.86 bits per heavy atom. The van der Waals surface area contributed by atoms with E-state index in [9.17, 15) is 4.79 Å². The first-order valence-corrected chi connectivity index (χ1v) is 9.01. The van der Waals surface area contributed by atoms with Gasteiger partial charge < -0.3 is 19.0 Å². The largest absolute Gasteiger partial charge is 0.503 e. The molecule has 0 amide bonds. The van der Waals surface area contributed by atoms with Crippen molar-refractivity contribution in [1.29, 1.82) is 0 Å². The number of esters is 1. The first-order chi connectivity index (χ1) is 13.9. The molecule has 0 spiro atoms. The second kappa shape index (κ2) is 10.3. The third-order valence-electron chi connectivity index (χ3n) is 4.24. The highest BCUT2D eigenvalue weighted by atomic mass is 16.6. The minimum Gasteiger partial charge on any atom is -0.503 e. The molecule has 154 valence electrons. The van der Waals surface area contributed by atoms with Crippen LogP contribution in [0, 0.1) is 13.8 Å². The van der Waals surface area contributed by atoms with Crippen LogP contribution in [0.3, 0.4) is 0 Å². The number of benzene rings is 1. The van der Waals surface area contributed by atoms with E-state index in [2.05, 4.69) is 10.1 Å². The summed E-state index contributed by atoms with van der Waals surface area (Å²) in [4.78, 5) is 21.6. The highest BCUT2D eigenvalue weighted by molar-refractivity contribution is 6.16. The van der Waals surface area contributed by atoms with E-state index in [1.54, 1.807) is 0 Å². The lowest BCUT2D eigenvalue weighted by Crippen LogP contribution is -2.10. The van der Waals surface area contributed by atoms with Gasteiger partial charge in [0.15, 0.2) is 0 Å². The molecule has 2 rings (SSSR count). The summed E-state index contributed by atoms with van der Waals surface area (Å²) in [6.07, 6.45) is 1.36. The summed E-state index contributed by atoms with van der Waals surface area (Å²) in [5.74, 6) is -0.000903. The van der Waals surface area contributed by atoms with Gasteiger partial charge in [-0.2, -0.15) is 0 Å². The van der Waals surface area contributed by atoms with Crippen LogP contribution >= 0.6 is 0 Å². The molecule has 0 fully saturated rings. The summed E-state index contributed by atoms with van der Waals surface area (Å²) >= 11 is 0. The summed E-state index contributed by atoms with van der Waals surface area (Å²) in [7, 11) is 4.30. The quantitative estimate of drug-likeness (QED) is 0.221. The van der Waals surface area contributed by atoms with E-state index in [0.29, 0.717) is 28.4 Å². The predicted molar refractivity (Wildman–Crippen MR) is 111 cm³/mol. The van der Waals surface area contributed by atoms with E-state index in [4.69, 9.17) is 19.0 Å². The zero-order chi connectivity index (χ0) is 21.4. The van der Waals surface area contributed by atoms with Gasteiger partial charge in [0.1, 0.15) is 25.0 Å². The monoisotopic (exact) mass is 398 g/mol. The maximum atomic E-state index is 12.2. The van der Waals surface area contributed by atoms with Crippen molar-refractivity contribution in [2.24, 2.45) is 5.16 Å². The molecule has 7 nitrogen and oxygen atoms in total. The molecule has 2 aromatic rings. The lowest BCUT2D eigenvalue weighted by Gasteiger charge is -2.15. The molecule has 1 aromatic carbocycles. The lowest BCUT2D eigenvalue weighted by molar-refractivity contribution is -0.133. The normalized spacial score (nSPS) is 11.8. The van der Waals surface area contributed by atoms with Crippen LogP contribution in [0.2, 0.25) is 0 Å². The molecule has 0 unspecified atom stereocenters. The number of aryl methyl sites for hydroxylation is 2. The van der Waals surface area contributed by atoms with Gasteiger partial charge in [0, 0.05) is 5.56 Å². The van der Waals surface area contributed by atoms with Crippen molar-refractivity contribution < 1.29 is 23.8 Å². The highest BCUT2D eigenvalue weighted by Gasteiger charge is 2.18. The molecular weight excluding hydrogens is 372 g/mol. The SMILES string of the molecule is CO/C=C(\C(=O)OC)c1ccccc1COc1nc(/C(C)=N\OC)c(C)cc1C. The zero-order valence-corrected chi connectivity index (χ0v) is 17.6. The van der Waals surface area contributed by atoms with Crippen molar-refractivity contribution in [3.63, 3.8) is 0 Å². The molecule has 0 N–H and O–H groups in total. The van der Waals surface area contributed by atoms with Gasteiger partial charge in [-0.15, -0.1) is 0 Å². The number of ether oxygens (including phenoxy) is 3. The fraction of sp³-hybridized carbons (Fsp3) is 0.318. The average Bonchev–Trinajstić information content (AvgIpc) is 2.71. The Kier molecular flexibility index (Phi) is 7.77. The van der Waals surface area contributed by atoms with Crippen LogP contribution in [0.25, 0.3) is 5.57 Å². The van der Waals surface area contributed by atoms with Gasteiger partial charge in [-0.05, 0) is 43.5 Å². The van der Waals surface area contributed by atoms with Crippen LogP contribution in [0.5, 0.6) is 5.88 Å². The summed E-state index contributed by atoms with van der Waals surface area (Å²) in [5.41, 5.74) is 5.02. The molecule has 1 heterocycles. The van der Waals surface area contributed by atoms with Crippen molar-refractivity contribution in [3.8, 4) is 5.88 Å². The Bertz CT molecular complexity index is 935. The van der Waals surface area contributed by atoms with Crippen molar-refractivity contribution in [2.75, 3.05) is 21.3 Å². The van der Waals surface area contributed by atoms with Gasteiger partial charge in [-0.3, -0.25) is 0 Å². The first kappa shape index (κ1) is 21.9. The van der Waals surface area contributed by atoms with Crippen LogP contribution in [-0.2, 0) is 25.7 Å². The first-order valence-electron chi connectivity index (χ1n) is 9.01. The van der Waals surface area contributed by atoms with Crippen LogP contribution in [-0.4, -0.2) is 38.0 Å². The molecule has 1 aromatic heterocycles. The lowest BCUT2D eigenvalue weighted by atomic mass is 10.0. The molecule has 0 aliphatic rings. The van der Waals surface area contributed by atoms with Crippen LogP contribution in [0.4, 0.5) is 0 Å². The number of methoxy groups -OCH3 is 2. The van der Waals surface area contributed by atoms with Gasteiger partial charge in [0.2, 0.25) is 5.88 Å². The number of aromatic nitrogens is 1. The van der Waals surface area contributed by atoms with Crippen molar-refractivity contribution in [1.82, 2.24) is 4.98 Å². The topological polar surface area (TPSA) is 79.2 Å². The minimum absolute atomic E-state index is 0.213. The number of hydrogen-bond donors (Lipinski definition) is 0. The standard InChI is InChI=1S/C22H26N2O5/c1-14-11-15(2)21(23-20(14)16(3)24-28-6)29-12-17-9-7-8-10-18(17)19(13-26-4)22(25)27-5/h7-11,13H,12H2,1-6H3/b19-13-,24-16-. The minimum atomic E-state index is -0.488. The third-order valence-corrected chi connectivity index (χ3v) is 4.24. The van der Waals surface area contributed by atoms with Crippen molar-refractivity contribution in [2.45, 2.75) is 27.4 Å². The van der Waals surface area contributed by atoms with E-state index in [1.807, 2.05) is 51.1 Å². The Labute approximate surface area is 170 Å². The average molecular weight is 398 g/mol. The summed E-state index contributed by atoms with van der Waals surface area (Å²) < 4.78 is 15.9. The summed E-state index contributed by atoms with van der Waals surface area (Å²) in [5, 5.41) is 3.96. The Morgan fingerprint density at radius 3 is 2.52 bits per heavy atom. The smallest absolute Gasteiger partial charge is 0.341 e. The van der Waals surface area contributed by atoms with E-state index in [1.165, 1.54) is 27.6 Å².